The number of hydrogen-bond acceptors (Lipinski definition) is 4. The zero-order valence-corrected chi connectivity index (χ0v) is 14.6. The van der Waals surface area contributed by atoms with Crippen LogP contribution in [0.15, 0.2) is 24.3 Å². The van der Waals surface area contributed by atoms with Crippen molar-refractivity contribution in [3.63, 3.8) is 0 Å². The third-order valence-corrected chi connectivity index (χ3v) is 5.11. The molecule has 3 rings (SSSR count). The van der Waals surface area contributed by atoms with Gasteiger partial charge in [-0.2, -0.15) is 0 Å². The van der Waals surface area contributed by atoms with Gasteiger partial charge in [-0.15, -0.1) is 0 Å². The van der Waals surface area contributed by atoms with E-state index in [-0.39, 0.29) is 30.9 Å². The maximum Gasteiger partial charge on any atom is 0.267 e. The molecule has 0 spiro atoms. The molecule has 0 bridgehead atoms. The second kappa shape index (κ2) is 7.87. The second-order valence-electron chi connectivity index (χ2n) is 6.94. The summed E-state index contributed by atoms with van der Waals surface area (Å²) in [6, 6.07) is 7.59. The number of benzene rings is 1. The average molecular weight is 346 g/mol. The van der Waals surface area contributed by atoms with Crippen molar-refractivity contribution in [2.75, 3.05) is 18.1 Å². The Hall–Kier alpha value is -2.08. The van der Waals surface area contributed by atoms with E-state index in [0.717, 1.165) is 31.4 Å². The Morgan fingerprint density at radius 1 is 1.28 bits per heavy atom. The number of nitrogens with one attached hydrogen (secondary N) is 1. The summed E-state index contributed by atoms with van der Waals surface area (Å²) in [5.74, 6) is 0.904. The van der Waals surface area contributed by atoms with Gasteiger partial charge in [-0.25, -0.2) is 0 Å². The van der Waals surface area contributed by atoms with Gasteiger partial charge in [0.15, 0.2) is 6.10 Å². The molecule has 1 atom stereocenters. The number of rotatable bonds is 5. The molecular weight excluding hydrogens is 320 g/mol. The summed E-state index contributed by atoms with van der Waals surface area (Å²) < 4.78 is 5.61. The Bertz CT molecular complexity index is 626. The van der Waals surface area contributed by atoms with Crippen molar-refractivity contribution in [3.8, 4) is 5.75 Å². The first-order valence-electron chi connectivity index (χ1n) is 9.05. The van der Waals surface area contributed by atoms with Gasteiger partial charge in [-0.05, 0) is 50.7 Å². The molecule has 25 heavy (non-hydrogen) atoms. The molecule has 1 heterocycles. The molecule has 6 nitrogen and oxygen atoms in total. The first-order valence-corrected chi connectivity index (χ1v) is 9.05. The fraction of sp³-hybridized carbons (Fsp3) is 0.579. The number of carbonyl (C=O) groups is 2. The number of carbonyl (C=O) groups excluding carboxylic acids is 2. The van der Waals surface area contributed by atoms with Crippen LogP contribution in [-0.2, 0) is 9.59 Å². The van der Waals surface area contributed by atoms with Gasteiger partial charge in [0.2, 0.25) is 5.91 Å². The van der Waals surface area contributed by atoms with E-state index >= 15 is 0 Å². The fourth-order valence-electron chi connectivity index (χ4n) is 3.59. The van der Waals surface area contributed by atoms with Gasteiger partial charge in [0.25, 0.3) is 5.91 Å². The quantitative estimate of drug-likeness (QED) is 0.853. The molecule has 1 aromatic rings. The van der Waals surface area contributed by atoms with Crippen molar-refractivity contribution < 1.29 is 19.4 Å². The minimum Gasteiger partial charge on any atom is -0.479 e. The number of aliphatic hydroxyl groups is 1. The maximum atomic E-state index is 12.4. The van der Waals surface area contributed by atoms with Crippen molar-refractivity contribution in [2.24, 2.45) is 5.92 Å². The molecule has 1 aromatic carbocycles. The van der Waals surface area contributed by atoms with Crippen LogP contribution in [0, 0.1) is 5.92 Å². The van der Waals surface area contributed by atoms with Crippen LogP contribution >= 0.6 is 0 Å². The molecule has 136 valence electrons. The summed E-state index contributed by atoms with van der Waals surface area (Å²) in [6.45, 7) is 2.31. The molecule has 0 radical (unpaired) electrons. The lowest BCUT2D eigenvalue weighted by molar-refractivity contribution is -0.125. The van der Waals surface area contributed by atoms with Gasteiger partial charge >= 0.3 is 0 Å². The number of aliphatic hydroxyl groups excluding tert-OH is 1. The van der Waals surface area contributed by atoms with Gasteiger partial charge in [-0.3, -0.25) is 9.59 Å². The number of fused-ring (bicyclic) bond motifs is 1. The predicted molar refractivity (Wildman–Crippen MR) is 94.5 cm³/mol. The van der Waals surface area contributed by atoms with E-state index < -0.39 is 6.10 Å². The number of nitrogens with zero attached hydrogens (tertiary/aromatic N) is 1. The minimum atomic E-state index is -0.535. The normalized spacial score (nSPS) is 25.9. The smallest absolute Gasteiger partial charge is 0.267 e. The van der Waals surface area contributed by atoms with E-state index in [1.165, 1.54) is 0 Å². The lowest BCUT2D eigenvalue weighted by Gasteiger charge is -2.33. The molecule has 2 amide bonds. The van der Waals surface area contributed by atoms with Crippen molar-refractivity contribution in [2.45, 2.75) is 51.2 Å². The first-order chi connectivity index (χ1) is 12.1. The minimum absolute atomic E-state index is 0.0307. The van der Waals surface area contributed by atoms with Crippen molar-refractivity contribution in [1.82, 2.24) is 5.32 Å². The predicted octanol–water partition coefficient (Wildman–Crippen LogP) is 1.86. The van der Waals surface area contributed by atoms with Crippen LogP contribution < -0.4 is 15.0 Å². The van der Waals surface area contributed by atoms with Gasteiger partial charge in [-0.1, -0.05) is 12.1 Å². The average Bonchev–Trinajstić information content (AvgIpc) is 2.63. The summed E-state index contributed by atoms with van der Waals surface area (Å²) in [4.78, 5) is 26.3. The summed E-state index contributed by atoms with van der Waals surface area (Å²) >= 11 is 0. The molecule has 1 aliphatic heterocycles. The SMILES string of the molecule is CC1Oc2ccccc2N(CCC(=O)NC2CCC(CO)CC2)C1=O. The third-order valence-electron chi connectivity index (χ3n) is 5.11. The van der Waals surface area contributed by atoms with E-state index in [2.05, 4.69) is 5.32 Å². The van der Waals surface area contributed by atoms with Crippen LogP contribution in [0.25, 0.3) is 0 Å². The third kappa shape index (κ3) is 4.12. The Balaban J connectivity index is 1.54. The Morgan fingerprint density at radius 2 is 2.00 bits per heavy atom. The summed E-state index contributed by atoms with van der Waals surface area (Å²) in [5.41, 5.74) is 0.724. The van der Waals surface area contributed by atoms with Crippen LogP contribution in [0.2, 0.25) is 0 Å². The standard InChI is InChI=1S/C19H26N2O4/c1-13-19(24)21(16-4-2-3-5-17(16)25-13)11-10-18(23)20-15-8-6-14(12-22)7-9-15/h2-5,13-15,22H,6-12H2,1H3,(H,20,23). The first kappa shape index (κ1) is 17.7. The highest BCUT2D eigenvalue weighted by Gasteiger charge is 2.31. The summed E-state index contributed by atoms with van der Waals surface area (Å²) in [6.07, 6.45) is 3.46. The van der Waals surface area contributed by atoms with Gasteiger partial charge in [0, 0.05) is 25.6 Å². The van der Waals surface area contributed by atoms with Crippen molar-refractivity contribution in [1.29, 1.82) is 0 Å². The van der Waals surface area contributed by atoms with Gasteiger partial charge < -0.3 is 20.1 Å². The maximum absolute atomic E-state index is 12.4. The highest BCUT2D eigenvalue weighted by molar-refractivity contribution is 6.00. The Labute approximate surface area is 148 Å². The lowest BCUT2D eigenvalue weighted by Crippen LogP contribution is -2.46. The van der Waals surface area contributed by atoms with Gasteiger partial charge in [0.05, 0.1) is 5.69 Å². The molecule has 2 N–H and O–H groups in total. The van der Waals surface area contributed by atoms with Crippen LogP contribution in [0.1, 0.15) is 39.0 Å². The van der Waals surface area contributed by atoms with E-state index in [0.29, 0.717) is 18.2 Å². The zero-order chi connectivity index (χ0) is 17.8. The topological polar surface area (TPSA) is 78.9 Å². The van der Waals surface area contributed by atoms with Crippen LogP contribution in [0.3, 0.4) is 0 Å². The number of hydrogen-bond donors (Lipinski definition) is 2. The molecule has 0 saturated heterocycles. The van der Waals surface area contributed by atoms with Crippen LogP contribution in [0.4, 0.5) is 5.69 Å². The molecule has 1 aliphatic carbocycles. The molecule has 1 unspecified atom stereocenters. The number of para-hydroxylation sites is 2. The van der Waals surface area contributed by atoms with E-state index in [4.69, 9.17) is 4.74 Å². The van der Waals surface area contributed by atoms with E-state index in [1.54, 1.807) is 11.8 Å². The monoisotopic (exact) mass is 346 g/mol. The van der Waals surface area contributed by atoms with Crippen molar-refractivity contribution in [3.05, 3.63) is 24.3 Å². The van der Waals surface area contributed by atoms with E-state index in [9.17, 15) is 14.7 Å². The van der Waals surface area contributed by atoms with Crippen LogP contribution in [0.5, 0.6) is 5.75 Å². The molecule has 1 saturated carbocycles. The molecule has 6 heteroatoms. The highest BCUT2D eigenvalue weighted by atomic mass is 16.5. The number of ether oxygens (including phenoxy) is 1. The second-order valence-corrected chi connectivity index (χ2v) is 6.94. The summed E-state index contributed by atoms with van der Waals surface area (Å²) in [5, 5.41) is 12.2. The largest absolute Gasteiger partial charge is 0.479 e. The highest BCUT2D eigenvalue weighted by Crippen LogP contribution is 2.33. The number of amides is 2. The lowest BCUT2D eigenvalue weighted by atomic mass is 9.86. The van der Waals surface area contributed by atoms with Gasteiger partial charge in [0.1, 0.15) is 5.75 Å². The number of anilines is 1. The Kier molecular flexibility index (Phi) is 5.58. The molecule has 0 aromatic heterocycles. The molecular formula is C19H26N2O4. The Morgan fingerprint density at radius 3 is 2.72 bits per heavy atom. The van der Waals surface area contributed by atoms with Crippen molar-refractivity contribution >= 4 is 17.5 Å². The van der Waals surface area contributed by atoms with E-state index in [1.807, 2.05) is 24.3 Å². The summed E-state index contributed by atoms with van der Waals surface area (Å²) in [7, 11) is 0. The molecule has 2 aliphatic rings. The zero-order valence-electron chi connectivity index (χ0n) is 14.6. The van der Waals surface area contributed by atoms with Crippen LogP contribution in [-0.4, -0.2) is 42.2 Å². The molecule has 1 fully saturated rings. The fourth-order valence-corrected chi connectivity index (χ4v) is 3.59.